The van der Waals surface area contributed by atoms with Crippen LogP contribution in [0.2, 0.25) is 0 Å². The summed E-state index contributed by atoms with van der Waals surface area (Å²) in [6.45, 7) is 7.28. The third kappa shape index (κ3) is 1.77. The van der Waals surface area contributed by atoms with E-state index >= 15 is 0 Å². The maximum absolute atomic E-state index is 10.3. The summed E-state index contributed by atoms with van der Waals surface area (Å²) in [6.07, 6.45) is 0. The second-order valence-electron chi connectivity index (χ2n) is 5.53. The van der Waals surface area contributed by atoms with Crippen LogP contribution in [0.3, 0.4) is 0 Å². The van der Waals surface area contributed by atoms with Crippen molar-refractivity contribution in [2.45, 2.75) is 38.9 Å². The smallest absolute Gasteiger partial charge is 0.283 e. The molecule has 0 atom stereocenters. The van der Waals surface area contributed by atoms with Crippen molar-refractivity contribution in [3.63, 3.8) is 0 Å². The Balaban J connectivity index is 2.61. The number of hydrogen-bond donors (Lipinski definition) is 2. The van der Waals surface area contributed by atoms with Crippen LogP contribution in [0.15, 0.2) is 28.7 Å². The molecule has 1 aromatic rings. The van der Waals surface area contributed by atoms with Gasteiger partial charge in [-0.1, -0.05) is 15.9 Å². The van der Waals surface area contributed by atoms with E-state index in [-0.39, 0.29) is 0 Å². The van der Waals surface area contributed by atoms with E-state index in [0.29, 0.717) is 5.71 Å². The minimum Gasteiger partial charge on any atom is -0.307 e. The van der Waals surface area contributed by atoms with Crippen LogP contribution in [-0.4, -0.2) is 37.1 Å². The van der Waals surface area contributed by atoms with E-state index in [4.69, 9.17) is 0 Å². The molecule has 2 N–H and O–H groups in total. The molecule has 0 fully saturated rings. The van der Waals surface area contributed by atoms with Gasteiger partial charge in [0.05, 0.1) is 0 Å². The minimum absolute atomic E-state index is 0.661. The largest absolute Gasteiger partial charge is 0.307 e. The van der Waals surface area contributed by atoms with Gasteiger partial charge in [0.15, 0.2) is 0 Å². The van der Waals surface area contributed by atoms with Gasteiger partial charge in [-0.25, -0.2) is 0 Å². The molecule has 0 spiro atoms. The van der Waals surface area contributed by atoms with Crippen LogP contribution in [0, 0.1) is 0 Å². The van der Waals surface area contributed by atoms with Crippen molar-refractivity contribution in [2.24, 2.45) is 0 Å². The Morgan fingerprint density at radius 1 is 1.11 bits per heavy atom. The number of rotatable bonds is 1. The van der Waals surface area contributed by atoms with Crippen LogP contribution < -0.4 is 0 Å². The summed E-state index contributed by atoms with van der Waals surface area (Å²) in [7, 11) is 0. The summed E-state index contributed by atoms with van der Waals surface area (Å²) in [5.74, 6) is 0. The second-order valence-corrected chi connectivity index (χ2v) is 6.45. The topological polar surface area (TPSA) is 46.7 Å². The first-order valence-electron chi connectivity index (χ1n) is 5.80. The zero-order chi connectivity index (χ0) is 13.7. The average molecular weight is 314 g/mol. The van der Waals surface area contributed by atoms with Crippen molar-refractivity contribution in [3.8, 4) is 0 Å². The minimum atomic E-state index is -0.855. The lowest BCUT2D eigenvalue weighted by Gasteiger charge is -2.27. The molecular formula is C13H18BrN2O2+. The fourth-order valence-electron chi connectivity index (χ4n) is 2.49. The fraction of sp³-hybridized carbons (Fsp3) is 0.462. The summed E-state index contributed by atoms with van der Waals surface area (Å²) in [6, 6.07) is 7.66. The Morgan fingerprint density at radius 2 is 1.61 bits per heavy atom. The molecule has 98 valence electrons. The van der Waals surface area contributed by atoms with Crippen molar-refractivity contribution >= 4 is 21.6 Å². The van der Waals surface area contributed by atoms with Gasteiger partial charge in [-0.15, -0.1) is 5.06 Å². The Labute approximate surface area is 115 Å². The predicted molar refractivity (Wildman–Crippen MR) is 72.1 cm³/mol. The lowest BCUT2D eigenvalue weighted by molar-refractivity contribution is -0.835. The van der Waals surface area contributed by atoms with Gasteiger partial charge < -0.3 is 5.21 Å². The van der Waals surface area contributed by atoms with E-state index in [2.05, 4.69) is 15.9 Å². The number of benzene rings is 1. The quantitative estimate of drug-likeness (QED) is 0.619. The third-order valence-electron chi connectivity index (χ3n) is 3.48. The maximum atomic E-state index is 10.3. The summed E-state index contributed by atoms with van der Waals surface area (Å²) in [5, 5.41) is 21.7. The molecule has 5 heteroatoms. The highest BCUT2D eigenvalue weighted by atomic mass is 79.9. The van der Waals surface area contributed by atoms with Crippen LogP contribution in [0.1, 0.15) is 33.3 Å². The molecule has 0 aromatic heterocycles. The molecule has 2 rings (SSSR count). The summed E-state index contributed by atoms with van der Waals surface area (Å²) >= 11 is 3.39. The monoisotopic (exact) mass is 313 g/mol. The van der Waals surface area contributed by atoms with Crippen LogP contribution in [0.4, 0.5) is 0 Å². The lowest BCUT2D eigenvalue weighted by Crippen LogP contribution is -2.51. The highest BCUT2D eigenvalue weighted by Gasteiger charge is 2.60. The molecule has 1 aliphatic heterocycles. The predicted octanol–water partition coefficient (Wildman–Crippen LogP) is 2.86. The molecule has 0 amide bonds. The Hall–Kier alpha value is -0.910. The highest BCUT2D eigenvalue weighted by molar-refractivity contribution is 9.10. The van der Waals surface area contributed by atoms with Crippen molar-refractivity contribution in [1.82, 2.24) is 5.06 Å². The zero-order valence-corrected chi connectivity index (χ0v) is 12.6. The molecule has 18 heavy (non-hydrogen) atoms. The van der Waals surface area contributed by atoms with E-state index in [1.807, 2.05) is 38.1 Å². The fourth-order valence-corrected chi connectivity index (χ4v) is 2.75. The molecule has 0 saturated heterocycles. The van der Waals surface area contributed by atoms with Crippen molar-refractivity contribution in [3.05, 3.63) is 34.3 Å². The molecule has 0 unspecified atom stereocenters. The van der Waals surface area contributed by atoms with Crippen molar-refractivity contribution in [2.75, 3.05) is 0 Å². The summed E-state index contributed by atoms with van der Waals surface area (Å²) in [4.78, 5) is 0. The zero-order valence-electron chi connectivity index (χ0n) is 11.0. The molecule has 0 saturated carbocycles. The van der Waals surface area contributed by atoms with Crippen LogP contribution in [-0.2, 0) is 0 Å². The molecule has 1 aliphatic rings. The van der Waals surface area contributed by atoms with Crippen molar-refractivity contribution in [1.29, 1.82) is 0 Å². The number of nitrogens with zero attached hydrogens (tertiary/aromatic N) is 2. The Morgan fingerprint density at radius 3 is 2.00 bits per heavy atom. The second kappa shape index (κ2) is 4.05. The van der Waals surface area contributed by atoms with Gasteiger partial charge in [-0.2, -0.15) is 0 Å². The summed E-state index contributed by atoms with van der Waals surface area (Å²) < 4.78 is 2.11. The van der Waals surface area contributed by atoms with Gasteiger partial charge in [0, 0.05) is 23.9 Å². The van der Waals surface area contributed by atoms with Crippen LogP contribution >= 0.6 is 15.9 Å². The van der Waals surface area contributed by atoms with E-state index in [1.54, 1.807) is 13.8 Å². The van der Waals surface area contributed by atoms with Crippen molar-refractivity contribution < 1.29 is 15.2 Å². The first-order chi connectivity index (χ1) is 8.19. The van der Waals surface area contributed by atoms with Gasteiger partial charge in [-0.05, 0) is 42.9 Å². The molecule has 1 aromatic carbocycles. The van der Waals surface area contributed by atoms with Gasteiger partial charge >= 0.3 is 0 Å². The normalized spacial score (nSPS) is 22.6. The van der Waals surface area contributed by atoms with E-state index in [1.165, 1.54) is 5.06 Å². The van der Waals surface area contributed by atoms with Gasteiger partial charge in [0.25, 0.3) is 11.4 Å². The number of hydroxylamine groups is 3. The molecular weight excluding hydrogens is 296 g/mol. The number of hydrogen-bond acceptors (Lipinski definition) is 3. The molecule has 0 aliphatic carbocycles. The van der Waals surface area contributed by atoms with Crippen LogP contribution in [0.25, 0.3) is 0 Å². The highest BCUT2D eigenvalue weighted by Crippen LogP contribution is 2.34. The SMILES string of the molecule is CC1(C)C(c2ccc(Br)cc2)=[N+](O)C(C)(C)N1O. The molecule has 4 nitrogen and oxygen atoms in total. The van der Waals surface area contributed by atoms with Gasteiger partial charge in [0.2, 0.25) is 0 Å². The third-order valence-corrected chi connectivity index (χ3v) is 4.00. The number of halogens is 1. The van der Waals surface area contributed by atoms with E-state index in [0.717, 1.165) is 14.8 Å². The van der Waals surface area contributed by atoms with Gasteiger partial charge in [-0.3, -0.25) is 5.21 Å². The van der Waals surface area contributed by atoms with Gasteiger partial charge in [0.1, 0.15) is 5.54 Å². The lowest BCUT2D eigenvalue weighted by atomic mass is 9.93. The molecule has 1 heterocycles. The van der Waals surface area contributed by atoms with E-state index < -0.39 is 11.2 Å². The molecule has 0 radical (unpaired) electrons. The van der Waals surface area contributed by atoms with Crippen LogP contribution in [0.5, 0.6) is 0 Å². The standard InChI is InChI=1S/C13H18BrN2O2/c1-12(2)11(9-5-7-10(14)8-6-9)15(17)13(3,4)16(12)18/h5-8,17-18H,1-4H3/q+1. The Bertz CT molecular complexity index is 506. The average Bonchev–Trinajstić information content (AvgIpc) is 2.40. The first kappa shape index (κ1) is 13.5. The maximum Gasteiger partial charge on any atom is 0.283 e. The Kier molecular flexibility index (Phi) is 3.04. The van der Waals surface area contributed by atoms with E-state index in [9.17, 15) is 10.4 Å². The molecule has 0 bridgehead atoms. The first-order valence-corrected chi connectivity index (χ1v) is 6.60. The summed E-state index contributed by atoms with van der Waals surface area (Å²) in [5.41, 5.74) is 0.0515.